The van der Waals surface area contributed by atoms with Gasteiger partial charge in [-0.1, -0.05) is 36.9 Å². The normalized spacial score (nSPS) is 15.9. The van der Waals surface area contributed by atoms with Crippen molar-refractivity contribution in [3.05, 3.63) is 71.4 Å². The highest BCUT2D eigenvalue weighted by Crippen LogP contribution is 2.36. The molecule has 1 fully saturated rings. The number of benzene rings is 1. The number of hydrogen-bond acceptors (Lipinski definition) is 6. The summed E-state index contributed by atoms with van der Waals surface area (Å²) in [5.41, 5.74) is 2.41. The molecular weight excluding hydrogens is 484 g/mol. The van der Waals surface area contributed by atoms with Crippen LogP contribution in [0.15, 0.2) is 66.5 Å². The fourth-order valence-corrected chi connectivity index (χ4v) is 5.26. The number of piperidine rings is 1. The first-order valence-corrected chi connectivity index (χ1v) is 12.7. The summed E-state index contributed by atoms with van der Waals surface area (Å²) in [6.45, 7) is 11.3. The molecule has 3 aromatic rings. The molecule has 0 saturated carbocycles. The van der Waals surface area contributed by atoms with Crippen molar-refractivity contribution in [1.29, 1.82) is 0 Å². The summed E-state index contributed by atoms with van der Waals surface area (Å²) < 4.78 is 14.4. The summed E-state index contributed by atoms with van der Waals surface area (Å²) in [5.74, 6) is 1.02. The number of amides is 1. The van der Waals surface area contributed by atoms with Gasteiger partial charge in [0.2, 0.25) is 0 Å². The number of halogens is 1. The van der Waals surface area contributed by atoms with E-state index in [1.807, 2.05) is 35.8 Å². The average molecular weight is 513 g/mol. The van der Waals surface area contributed by atoms with Crippen molar-refractivity contribution in [2.75, 3.05) is 20.1 Å². The zero-order chi connectivity index (χ0) is 24.9. The van der Waals surface area contributed by atoms with E-state index in [9.17, 15) is 4.79 Å². The van der Waals surface area contributed by atoms with Gasteiger partial charge in [0, 0.05) is 29.8 Å². The number of ether oxygens (including phenoxy) is 2. The van der Waals surface area contributed by atoms with E-state index in [1.165, 1.54) is 17.4 Å². The second-order valence-electron chi connectivity index (χ2n) is 8.16. The largest absolute Gasteiger partial charge is 0.490 e. The summed E-state index contributed by atoms with van der Waals surface area (Å²) >= 11 is 7.59. The monoisotopic (exact) mass is 512 g/mol. The minimum atomic E-state index is -0.437. The Morgan fingerprint density at radius 2 is 2.09 bits per heavy atom. The Morgan fingerprint density at radius 1 is 1.31 bits per heavy atom. The molecule has 2 N–H and O–H groups in total. The van der Waals surface area contributed by atoms with Crippen LogP contribution in [-0.4, -0.2) is 47.8 Å². The third kappa shape index (κ3) is 5.45. The number of aromatic nitrogens is 2. The van der Waals surface area contributed by atoms with Crippen molar-refractivity contribution in [2.24, 2.45) is 0 Å². The van der Waals surface area contributed by atoms with E-state index in [2.05, 4.69) is 28.8 Å². The maximum Gasteiger partial charge on any atom is 0.264 e. The van der Waals surface area contributed by atoms with E-state index in [1.54, 1.807) is 19.5 Å². The minimum Gasteiger partial charge on any atom is -0.490 e. The van der Waals surface area contributed by atoms with E-state index in [4.69, 9.17) is 21.1 Å². The number of hydrogen-bond donors (Lipinski definition) is 2. The van der Waals surface area contributed by atoms with Gasteiger partial charge in [-0.2, -0.15) is 0 Å². The minimum absolute atomic E-state index is 0.197. The van der Waals surface area contributed by atoms with E-state index in [0.29, 0.717) is 21.2 Å². The number of carbonyl (C=O) groups excluding carboxylic acids is 1. The number of carbonyl (C=O) groups is 1. The molecule has 35 heavy (non-hydrogen) atoms. The third-order valence-electron chi connectivity index (χ3n) is 5.88. The van der Waals surface area contributed by atoms with Gasteiger partial charge in [-0.05, 0) is 45.0 Å². The SMILES string of the molecule is C=C/C(Cl)=C(\C=C)C(C)Oc1cc(-n2cnc3ccc(OC4CCNCC4)cc32)sc1C(=O)NC. The number of rotatable bonds is 9. The molecule has 3 heterocycles. The summed E-state index contributed by atoms with van der Waals surface area (Å²) in [6.07, 6.45) is 6.64. The molecule has 184 valence electrons. The van der Waals surface area contributed by atoms with Gasteiger partial charge in [-0.3, -0.25) is 9.36 Å². The Balaban J connectivity index is 1.69. The van der Waals surface area contributed by atoms with Crippen molar-refractivity contribution in [1.82, 2.24) is 20.2 Å². The quantitative estimate of drug-likeness (QED) is 0.385. The Hall–Kier alpha value is -3.07. The van der Waals surface area contributed by atoms with E-state index in [0.717, 1.165) is 47.7 Å². The maximum absolute atomic E-state index is 12.7. The predicted octanol–water partition coefficient (Wildman–Crippen LogP) is 5.21. The van der Waals surface area contributed by atoms with Gasteiger partial charge in [0.15, 0.2) is 0 Å². The topological polar surface area (TPSA) is 77.4 Å². The number of nitrogens with one attached hydrogen (secondary N) is 2. The first kappa shape index (κ1) is 25.0. The maximum atomic E-state index is 12.7. The number of thiophene rings is 1. The highest BCUT2D eigenvalue weighted by molar-refractivity contribution is 7.16. The Morgan fingerprint density at radius 3 is 2.77 bits per heavy atom. The molecule has 0 aliphatic carbocycles. The second-order valence-corrected chi connectivity index (χ2v) is 9.60. The van der Waals surface area contributed by atoms with Crippen LogP contribution in [0.4, 0.5) is 0 Å². The summed E-state index contributed by atoms with van der Waals surface area (Å²) in [7, 11) is 1.59. The molecule has 1 aliphatic rings. The molecule has 1 aromatic carbocycles. The van der Waals surface area contributed by atoms with E-state index < -0.39 is 6.10 Å². The molecule has 9 heteroatoms. The van der Waals surface area contributed by atoms with Gasteiger partial charge in [0.25, 0.3) is 5.91 Å². The first-order chi connectivity index (χ1) is 16.9. The van der Waals surface area contributed by atoms with Gasteiger partial charge in [0.05, 0.1) is 11.0 Å². The zero-order valence-corrected chi connectivity index (χ0v) is 21.4. The van der Waals surface area contributed by atoms with Gasteiger partial charge in [-0.25, -0.2) is 4.98 Å². The highest BCUT2D eigenvalue weighted by atomic mass is 35.5. The molecule has 1 aliphatic heterocycles. The molecule has 0 radical (unpaired) electrons. The van der Waals surface area contributed by atoms with Crippen LogP contribution in [0.5, 0.6) is 11.5 Å². The lowest BCUT2D eigenvalue weighted by molar-refractivity contribution is 0.0962. The number of allylic oxidation sites excluding steroid dienone is 2. The molecule has 0 bridgehead atoms. The zero-order valence-electron chi connectivity index (χ0n) is 19.8. The molecule has 4 rings (SSSR count). The molecule has 7 nitrogen and oxygen atoms in total. The number of imidazole rings is 1. The summed E-state index contributed by atoms with van der Waals surface area (Å²) in [4.78, 5) is 17.7. The fourth-order valence-electron chi connectivity index (χ4n) is 4.01. The van der Waals surface area contributed by atoms with Crippen LogP contribution >= 0.6 is 22.9 Å². The van der Waals surface area contributed by atoms with Crippen LogP contribution in [0.1, 0.15) is 29.4 Å². The lowest BCUT2D eigenvalue weighted by Gasteiger charge is -2.23. The molecule has 1 unspecified atom stereocenters. The van der Waals surface area contributed by atoms with Crippen LogP contribution < -0.4 is 20.1 Å². The van der Waals surface area contributed by atoms with Crippen LogP contribution in [0.25, 0.3) is 16.0 Å². The van der Waals surface area contributed by atoms with Crippen LogP contribution in [0, 0.1) is 0 Å². The van der Waals surface area contributed by atoms with Gasteiger partial charge in [0.1, 0.15) is 39.9 Å². The first-order valence-electron chi connectivity index (χ1n) is 11.5. The lowest BCUT2D eigenvalue weighted by Crippen LogP contribution is -2.34. The predicted molar refractivity (Wildman–Crippen MR) is 142 cm³/mol. The van der Waals surface area contributed by atoms with E-state index >= 15 is 0 Å². The van der Waals surface area contributed by atoms with Crippen molar-refractivity contribution >= 4 is 39.9 Å². The van der Waals surface area contributed by atoms with Crippen molar-refractivity contribution in [2.45, 2.75) is 32.0 Å². The van der Waals surface area contributed by atoms with Crippen LogP contribution in [0.2, 0.25) is 0 Å². The van der Waals surface area contributed by atoms with E-state index in [-0.39, 0.29) is 12.0 Å². The molecule has 0 spiro atoms. The number of fused-ring (bicyclic) bond motifs is 1. The number of nitrogens with zero attached hydrogens (tertiary/aromatic N) is 2. The fraction of sp³-hybridized carbons (Fsp3) is 0.308. The van der Waals surface area contributed by atoms with Gasteiger partial charge >= 0.3 is 0 Å². The van der Waals surface area contributed by atoms with Crippen molar-refractivity contribution < 1.29 is 14.3 Å². The Kier molecular flexibility index (Phi) is 7.95. The molecular formula is C26H29ClN4O3S. The Bertz CT molecular complexity index is 1270. The molecule has 1 saturated heterocycles. The third-order valence-corrected chi connectivity index (χ3v) is 7.37. The smallest absolute Gasteiger partial charge is 0.264 e. The lowest BCUT2D eigenvalue weighted by atomic mass is 10.1. The summed E-state index contributed by atoms with van der Waals surface area (Å²) in [5, 5.41) is 7.29. The highest BCUT2D eigenvalue weighted by Gasteiger charge is 2.22. The Labute approximate surface area is 214 Å². The summed E-state index contributed by atoms with van der Waals surface area (Å²) in [6, 6.07) is 7.74. The van der Waals surface area contributed by atoms with Gasteiger partial charge < -0.3 is 20.1 Å². The molecule has 2 aromatic heterocycles. The average Bonchev–Trinajstić information content (AvgIpc) is 3.48. The standard InChI is InChI=1S/C26H29ClN4O3S/c1-5-19(20(27)6-2)16(3)33-23-14-24(35-25(23)26(32)28-4)31-15-30-21-8-7-18(13-22(21)31)34-17-9-11-29-12-10-17/h5-8,13-17,29H,1-2,9-12H2,3-4H3,(H,28,32)/b20-19-. The van der Waals surface area contributed by atoms with Crippen LogP contribution in [-0.2, 0) is 0 Å². The second kappa shape index (κ2) is 11.1. The van der Waals surface area contributed by atoms with Crippen LogP contribution in [0.3, 0.4) is 0 Å². The van der Waals surface area contributed by atoms with Crippen molar-refractivity contribution in [3.8, 4) is 16.5 Å². The molecule has 1 atom stereocenters. The van der Waals surface area contributed by atoms with Crippen molar-refractivity contribution in [3.63, 3.8) is 0 Å². The molecule has 1 amide bonds. The van der Waals surface area contributed by atoms with Gasteiger partial charge in [-0.15, -0.1) is 11.3 Å².